The van der Waals surface area contributed by atoms with E-state index in [-0.39, 0.29) is 12.4 Å². The molecule has 2 aromatic heterocycles. The van der Waals surface area contributed by atoms with Gasteiger partial charge in [-0.3, -0.25) is 4.68 Å². The lowest BCUT2D eigenvalue weighted by molar-refractivity contribution is -0.146. The van der Waals surface area contributed by atoms with E-state index in [1.807, 2.05) is 0 Å². The maximum atomic E-state index is 12.0. The van der Waals surface area contributed by atoms with Gasteiger partial charge in [0.1, 0.15) is 6.61 Å². The maximum Gasteiger partial charge on any atom is 0.391 e. The number of aryl methyl sites for hydroxylation is 1. The lowest BCUT2D eigenvalue weighted by atomic mass is 10.4. The highest BCUT2D eigenvalue weighted by Crippen LogP contribution is 2.20. The molecule has 2 heterocycles. The van der Waals surface area contributed by atoms with Gasteiger partial charge in [0.25, 0.3) is 0 Å². The van der Waals surface area contributed by atoms with Gasteiger partial charge in [0.2, 0.25) is 0 Å². The molecule has 0 aliphatic carbocycles. The number of fused-ring (bicyclic) bond motifs is 1. The van der Waals surface area contributed by atoms with E-state index < -0.39 is 19.2 Å². The number of nitrogen functional groups attached to an aromatic ring is 1. The molecule has 7 nitrogen and oxygen atoms in total. The summed E-state index contributed by atoms with van der Waals surface area (Å²) in [5, 5.41) is 4.62. The zero-order valence-corrected chi connectivity index (χ0v) is 10.6. The number of aromatic nitrogens is 4. The molecule has 0 atom stereocenters. The molecule has 0 fully saturated rings. The fourth-order valence-corrected chi connectivity index (χ4v) is 1.59. The number of nitrogens with zero attached hydrogens (tertiary/aromatic N) is 4. The minimum Gasteiger partial charge on any atom is -0.373 e. The maximum absolute atomic E-state index is 12.0. The van der Waals surface area contributed by atoms with Crippen LogP contribution in [0.15, 0.2) is 6.20 Å². The average molecular weight is 290 g/mol. The van der Waals surface area contributed by atoms with E-state index in [0.29, 0.717) is 16.9 Å². The van der Waals surface area contributed by atoms with Crippen LogP contribution in [0.2, 0.25) is 0 Å². The first-order chi connectivity index (χ1) is 9.40. The summed E-state index contributed by atoms with van der Waals surface area (Å²) in [6.45, 7) is -0.576. The summed E-state index contributed by atoms with van der Waals surface area (Å²) in [7, 11) is 1.68. The van der Waals surface area contributed by atoms with Crippen LogP contribution >= 0.6 is 0 Å². The highest BCUT2D eigenvalue weighted by atomic mass is 19.4. The SMILES string of the molecule is Cn1ncc2c(NN)nc(COCCC(F)(F)F)nc21. The number of halogens is 3. The van der Waals surface area contributed by atoms with Crippen molar-refractivity contribution in [3.05, 3.63) is 12.0 Å². The lowest BCUT2D eigenvalue weighted by Crippen LogP contribution is -2.14. The lowest BCUT2D eigenvalue weighted by Gasteiger charge is -2.08. The molecule has 110 valence electrons. The predicted octanol–water partition coefficient (Wildman–Crippen LogP) is 1.12. The molecule has 3 N–H and O–H groups in total. The Kier molecular flexibility index (Phi) is 4.04. The second-order valence-electron chi connectivity index (χ2n) is 4.06. The zero-order chi connectivity index (χ0) is 14.8. The average Bonchev–Trinajstić information content (AvgIpc) is 2.75. The van der Waals surface area contributed by atoms with Gasteiger partial charge in [-0.1, -0.05) is 0 Å². The number of anilines is 1. The monoisotopic (exact) mass is 290 g/mol. The van der Waals surface area contributed by atoms with Crippen molar-refractivity contribution in [1.82, 2.24) is 19.7 Å². The minimum absolute atomic E-state index is 0.133. The molecule has 0 unspecified atom stereocenters. The fourth-order valence-electron chi connectivity index (χ4n) is 1.59. The Morgan fingerprint density at radius 1 is 1.40 bits per heavy atom. The van der Waals surface area contributed by atoms with Crippen molar-refractivity contribution in [2.45, 2.75) is 19.2 Å². The molecule has 0 spiro atoms. The molecule has 2 aromatic rings. The molecule has 0 aliphatic rings. The van der Waals surface area contributed by atoms with Gasteiger partial charge in [0.05, 0.1) is 24.6 Å². The number of hydrazine groups is 1. The van der Waals surface area contributed by atoms with E-state index >= 15 is 0 Å². The van der Waals surface area contributed by atoms with Crippen LogP contribution in [0.1, 0.15) is 12.2 Å². The Morgan fingerprint density at radius 3 is 2.80 bits per heavy atom. The van der Waals surface area contributed by atoms with Crippen LogP contribution in [0.25, 0.3) is 11.0 Å². The van der Waals surface area contributed by atoms with Crippen molar-refractivity contribution >= 4 is 16.9 Å². The molecule has 0 aromatic carbocycles. The van der Waals surface area contributed by atoms with Gasteiger partial charge in [-0.2, -0.15) is 18.3 Å². The van der Waals surface area contributed by atoms with Crippen LogP contribution < -0.4 is 11.3 Å². The van der Waals surface area contributed by atoms with Crippen molar-refractivity contribution in [3.8, 4) is 0 Å². The number of ether oxygens (including phenoxy) is 1. The molecular weight excluding hydrogens is 277 g/mol. The van der Waals surface area contributed by atoms with E-state index in [1.54, 1.807) is 13.2 Å². The standard InChI is InChI=1S/C10H13F3N6O/c1-19-9-6(4-15-19)8(18-14)16-7(17-9)5-20-3-2-10(11,12)13/h4H,2-3,5,14H2,1H3,(H,16,17,18). The van der Waals surface area contributed by atoms with Gasteiger partial charge in [0.15, 0.2) is 17.3 Å². The highest BCUT2D eigenvalue weighted by molar-refractivity contribution is 5.86. The fraction of sp³-hybridized carbons (Fsp3) is 0.500. The molecule has 0 aliphatic heterocycles. The van der Waals surface area contributed by atoms with Crippen molar-refractivity contribution < 1.29 is 17.9 Å². The first-order valence-electron chi connectivity index (χ1n) is 5.70. The summed E-state index contributed by atoms with van der Waals surface area (Å²) in [6.07, 6.45) is -3.71. The number of alkyl halides is 3. The van der Waals surface area contributed by atoms with Crippen molar-refractivity contribution in [2.75, 3.05) is 12.0 Å². The van der Waals surface area contributed by atoms with Crippen molar-refractivity contribution in [3.63, 3.8) is 0 Å². The smallest absolute Gasteiger partial charge is 0.373 e. The van der Waals surface area contributed by atoms with E-state index in [0.717, 1.165) is 0 Å². The van der Waals surface area contributed by atoms with Crippen LogP contribution in [0, 0.1) is 0 Å². The summed E-state index contributed by atoms with van der Waals surface area (Å²) in [5.41, 5.74) is 2.91. The van der Waals surface area contributed by atoms with Crippen molar-refractivity contribution in [1.29, 1.82) is 0 Å². The van der Waals surface area contributed by atoms with Gasteiger partial charge in [-0.25, -0.2) is 15.8 Å². The molecule has 20 heavy (non-hydrogen) atoms. The molecule has 10 heteroatoms. The Balaban J connectivity index is 2.08. The normalized spacial score (nSPS) is 12.1. The van der Waals surface area contributed by atoms with Gasteiger partial charge in [0, 0.05) is 7.05 Å². The van der Waals surface area contributed by atoms with Gasteiger partial charge >= 0.3 is 6.18 Å². The molecule has 0 saturated heterocycles. The summed E-state index contributed by atoms with van der Waals surface area (Å²) >= 11 is 0. The second-order valence-corrected chi connectivity index (χ2v) is 4.06. The largest absolute Gasteiger partial charge is 0.391 e. The Labute approximate surface area is 111 Å². The third-order valence-corrected chi connectivity index (χ3v) is 2.54. The summed E-state index contributed by atoms with van der Waals surface area (Å²) < 4.78 is 42.3. The zero-order valence-electron chi connectivity index (χ0n) is 10.6. The summed E-state index contributed by atoms with van der Waals surface area (Å²) in [6, 6.07) is 0. The van der Waals surface area contributed by atoms with Crippen molar-refractivity contribution in [2.24, 2.45) is 12.9 Å². The van der Waals surface area contributed by atoms with Crippen LogP contribution in [-0.2, 0) is 18.4 Å². The van der Waals surface area contributed by atoms with Crippen LogP contribution in [-0.4, -0.2) is 32.5 Å². The van der Waals surface area contributed by atoms with Gasteiger partial charge in [-0.05, 0) is 0 Å². The van der Waals surface area contributed by atoms with Crippen LogP contribution in [0.5, 0.6) is 0 Å². The van der Waals surface area contributed by atoms with Crippen LogP contribution in [0.4, 0.5) is 19.0 Å². The van der Waals surface area contributed by atoms with Gasteiger partial charge < -0.3 is 10.2 Å². The van der Waals surface area contributed by atoms with E-state index in [2.05, 4.69) is 20.5 Å². The first-order valence-corrected chi connectivity index (χ1v) is 5.70. The molecule has 0 amide bonds. The molecule has 0 radical (unpaired) electrons. The van der Waals surface area contributed by atoms with E-state index in [4.69, 9.17) is 10.6 Å². The quantitative estimate of drug-likeness (QED) is 0.487. The highest BCUT2D eigenvalue weighted by Gasteiger charge is 2.26. The van der Waals surface area contributed by atoms with E-state index in [1.165, 1.54) is 4.68 Å². The number of rotatable bonds is 5. The Morgan fingerprint density at radius 2 is 2.15 bits per heavy atom. The molecular formula is C10H13F3N6O. The molecule has 0 saturated carbocycles. The van der Waals surface area contributed by atoms with E-state index in [9.17, 15) is 13.2 Å². The minimum atomic E-state index is -4.24. The summed E-state index contributed by atoms with van der Waals surface area (Å²) in [4.78, 5) is 8.22. The Bertz CT molecular complexity index is 596. The molecule has 2 rings (SSSR count). The topological polar surface area (TPSA) is 90.9 Å². The number of hydrogen-bond donors (Lipinski definition) is 2. The van der Waals surface area contributed by atoms with Crippen LogP contribution in [0.3, 0.4) is 0 Å². The second kappa shape index (κ2) is 5.59. The molecule has 0 bridgehead atoms. The Hall–Kier alpha value is -1.94. The van der Waals surface area contributed by atoms with Gasteiger partial charge in [-0.15, -0.1) is 0 Å². The third kappa shape index (κ3) is 3.33. The number of nitrogens with two attached hydrogens (primary N) is 1. The predicted molar refractivity (Wildman–Crippen MR) is 64.4 cm³/mol. The number of nitrogens with one attached hydrogen (secondary N) is 1. The third-order valence-electron chi connectivity index (χ3n) is 2.54. The first kappa shape index (κ1) is 14.5. The summed E-state index contributed by atoms with van der Waals surface area (Å²) in [5.74, 6) is 5.92. The number of hydrogen-bond acceptors (Lipinski definition) is 6.